The molecule has 16 heavy (non-hydrogen) atoms. The molecule has 0 heterocycles. The summed E-state index contributed by atoms with van der Waals surface area (Å²) >= 11 is 1.86. The summed E-state index contributed by atoms with van der Waals surface area (Å²) in [5, 5.41) is 8.71. The van der Waals surface area contributed by atoms with Crippen molar-refractivity contribution in [2.75, 3.05) is 25.9 Å². The minimum atomic E-state index is 0.117. The van der Waals surface area contributed by atoms with Gasteiger partial charge in [0.05, 0.1) is 12.0 Å². The fraction of sp³-hybridized carbons (Fsp3) is 0.462. The van der Waals surface area contributed by atoms with Crippen LogP contribution in [0.5, 0.6) is 0 Å². The molecule has 1 unspecified atom stereocenters. The van der Waals surface area contributed by atoms with Crippen molar-refractivity contribution in [1.29, 1.82) is 5.26 Å². The third kappa shape index (κ3) is 5.20. The van der Waals surface area contributed by atoms with Crippen molar-refractivity contribution in [3.8, 4) is 6.07 Å². The SMILES string of the molecule is CC(C#N)CN(C)CCSc1ccccc1. The van der Waals surface area contributed by atoms with E-state index in [0.29, 0.717) is 0 Å². The Morgan fingerprint density at radius 1 is 1.38 bits per heavy atom. The van der Waals surface area contributed by atoms with E-state index in [4.69, 9.17) is 5.26 Å². The van der Waals surface area contributed by atoms with Crippen LogP contribution in [0.3, 0.4) is 0 Å². The Kier molecular flexibility index (Phi) is 5.99. The molecule has 1 atom stereocenters. The number of benzene rings is 1. The van der Waals surface area contributed by atoms with Gasteiger partial charge in [0.25, 0.3) is 0 Å². The van der Waals surface area contributed by atoms with Gasteiger partial charge in [0, 0.05) is 23.7 Å². The van der Waals surface area contributed by atoms with Crippen LogP contribution in [0.25, 0.3) is 0 Å². The van der Waals surface area contributed by atoms with Gasteiger partial charge >= 0.3 is 0 Å². The summed E-state index contributed by atoms with van der Waals surface area (Å²) in [7, 11) is 2.07. The second-order valence-corrected chi connectivity index (χ2v) is 5.12. The highest BCUT2D eigenvalue weighted by atomic mass is 32.2. The summed E-state index contributed by atoms with van der Waals surface area (Å²) < 4.78 is 0. The maximum Gasteiger partial charge on any atom is 0.0666 e. The standard InChI is InChI=1S/C13H18N2S/c1-12(10-14)11-15(2)8-9-16-13-6-4-3-5-7-13/h3-7,12H,8-9,11H2,1-2H3. The molecule has 0 N–H and O–H groups in total. The number of rotatable bonds is 6. The van der Waals surface area contributed by atoms with Gasteiger partial charge in [0.1, 0.15) is 0 Å². The zero-order chi connectivity index (χ0) is 11.8. The Balaban J connectivity index is 2.19. The van der Waals surface area contributed by atoms with Crippen molar-refractivity contribution < 1.29 is 0 Å². The average molecular weight is 234 g/mol. The van der Waals surface area contributed by atoms with Gasteiger partial charge in [-0.3, -0.25) is 0 Å². The summed E-state index contributed by atoms with van der Waals surface area (Å²) in [6.07, 6.45) is 0. The Labute approximate surface area is 102 Å². The predicted octanol–water partition coefficient (Wildman–Crippen LogP) is 2.87. The lowest BCUT2D eigenvalue weighted by atomic mass is 10.2. The first-order valence-corrected chi connectivity index (χ1v) is 6.47. The van der Waals surface area contributed by atoms with E-state index in [9.17, 15) is 0 Å². The van der Waals surface area contributed by atoms with Crippen LogP contribution in [-0.2, 0) is 0 Å². The lowest BCUT2D eigenvalue weighted by Crippen LogP contribution is -2.26. The lowest BCUT2D eigenvalue weighted by Gasteiger charge is -2.17. The molecular weight excluding hydrogens is 216 g/mol. The summed E-state index contributed by atoms with van der Waals surface area (Å²) in [5.74, 6) is 1.19. The van der Waals surface area contributed by atoms with E-state index in [1.807, 2.05) is 24.8 Å². The Morgan fingerprint density at radius 2 is 2.06 bits per heavy atom. The number of nitriles is 1. The van der Waals surface area contributed by atoms with Crippen LogP contribution < -0.4 is 0 Å². The van der Waals surface area contributed by atoms with Gasteiger partial charge in [-0.05, 0) is 26.1 Å². The van der Waals surface area contributed by atoms with Gasteiger partial charge < -0.3 is 4.90 Å². The zero-order valence-electron chi connectivity index (χ0n) is 9.89. The molecular formula is C13H18N2S. The van der Waals surface area contributed by atoms with Crippen LogP contribution in [0, 0.1) is 17.2 Å². The van der Waals surface area contributed by atoms with Gasteiger partial charge in [-0.25, -0.2) is 0 Å². The van der Waals surface area contributed by atoms with E-state index in [2.05, 4.69) is 42.3 Å². The quantitative estimate of drug-likeness (QED) is 0.708. The molecule has 1 aromatic carbocycles. The van der Waals surface area contributed by atoms with E-state index < -0.39 is 0 Å². The smallest absolute Gasteiger partial charge is 0.0666 e. The Hall–Kier alpha value is -0.980. The van der Waals surface area contributed by atoms with E-state index in [-0.39, 0.29) is 5.92 Å². The highest BCUT2D eigenvalue weighted by Crippen LogP contribution is 2.16. The summed E-state index contributed by atoms with van der Waals surface area (Å²) in [6.45, 7) is 3.83. The molecule has 0 saturated heterocycles. The van der Waals surface area contributed by atoms with E-state index in [1.54, 1.807) is 0 Å². The molecule has 0 saturated carbocycles. The topological polar surface area (TPSA) is 27.0 Å². The first-order chi connectivity index (χ1) is 7.72. The highest BCUT2D eigenvalue weighted by Gasteiger charge is 2.04. The second-order valence-electron chi connectivity index (χ2n) is 3.95. The van der Waals surface area contributed by atoms with Crippen LogP contribution in [0.15, 0.2) is 35.2 Å². The number of nitrogens with zero attached hydrogens (tertiary/aromatic N) is 2. The van der Waals surface area contributed by atoms with Crippen molar-refractivity contribution in [2.24, 2.45) is 5.92 Å². The minimum Gasteiger partial charge on any atom is -0.304 e. The van der Waals surface area contributed by atoms with E-state index in [0.717, 1.165) is 18.8 Å². The van der Waals surface area contributed by atoms with Crippen molar-refractivity contribution in [2.45, 2.75) is 11.8 Å². The monoisotopic (exact) mass is 234 g/mol. The number of hydrogen-bond acceptors (Lipinski definition) is 3. The molecule has 2 nitrogen and oxygen atoms in total. The normalized spacial score (nSPS) is 12.4. The molecule has 0 fully saturated rings. The second kappa shape index (κ2) is 7.32. The van der Waals surface area contributed by atoms with Crippen LogP contribution in [-0.4, -0.2) is 30.8 Å². The summed E-state index contributed by atoms with van der Waals surface area (Å²) in [6, 6.07) is 12.7. The third-order valence-electron chi connectivity index (χ3n) is 2.29. The fourth-order valence-electron chi connectivity index (χ4n) is 1.44. The van der Waals surface area contributed by atoms with Crippen molar-refractivity contribution in [3.63, 3.8) is 0 Å². The predicted molar refractivity (Wildman–Crippen MR) is 69.4 cm³/mol. The number of thioether (sulfide) groups is 1. The molecule has 1 aromatic rings. The van der Waals surface area contributed by atoms with Crippen LogP contribution in [0.4, 0.5) is 0 Å². The third-order valence-corrected chi connectivity index (χ3v) is 3.28. The molecule has 3 heteroatoms. The maximum atomic E-state index is 8.71. The van der Waals surface area contributed by atoms with Gasteiger partial charge in [-0.15, -0.1) is 11.8 Å². The first-order valence-electron chi connectivity index (χ1n) is 5.48. The Bertz CT molecular complexity index is 332. The lowest BCUT2D eigenvalue weighted by molar-refractivity contribution is 0.329. The molecule has 1 rings (SSSR count). The van der Waals surface area contributed by atoms with Crippen LogP contribution in [0.2, 0.25) is 0 Å². The van der Waals surface area contributed by atoms with Crippen molar-refractivity contribution >= 4 is 11.8 Å². The fourth-order valence-corrected chi connectivity index (χ4v) is 2.42. The van der Waals surface area contributed by atoms with Gasteiger partial charge in [0.2, 0.25) is 0 Å². The van der Waals surface area contributed by atoms with Crippen molar-refractivity contribution in [3.05, 3.63) is 30.3 Å². The molecule has 0 spiro atoms. The summed E-state index contributed by atoms with van der Waals surface area (Å²) in [5.41, 5.74) is 0. The van der Waals surface area contributed by atoms with Gasteiger partial charge in [0.15, 0.2) is 0 Å². The average Bonchev–Trinajstić information content (AvgIpc) is 2.30. The van der Waals surface area contributed by atoms with Gasteiger partial charge in [-0.1, -0.05) is 18.2 Å². The highest BCUT2D eigenvalue weighted by molar-refractivity contribution is 7.99. The minimum absolute atomic E-state index is 0.117. The molecule has 0 aliphatic carbocycles. The largest absolute Gasteiger partial charge is 0.304 e. The number of hydrogen-bond donors (Lipinski definition) is 0. The molecule has 0 aromatic heterocycles. The van der Waals surface area contributed by atoms with Gasteiger partial charge in [-0.2, -0.15) is 5.26 Å². The zero-order valence-corrected chi connectivity index (χ0v) is 10.7. The molecule has 0 bridgehead atoms. The summed E-state index contributed by atoms with van der Waals surface area (Å²) in [4.78, 5) is 3.52. The molecule has 0 aliphatic rings. The van der Waals surface area contributed by atoms with Crippen LogP contribution >= 0.6 is 11.8 Å². The first kappa shape index (κ1) is 13.1. The van der Waals surface area contributed by atoms with E-state index in [1.165, 1.54) is 4.90 Å². The van der Waals surface area contributed by atoms with Crippen LogP contribution in [0.1, 0.15) is 6.92 Å². The van der Waals surface area contributed by atoms with Crippen molar-refractivity contribution in [1.82, 2.24) is 4.90 Å². The molecule has 86 valence electrons. The Morgan fingerprint density at radius 3 is 2.69 bits per heavy atom. The molecule has 0 radical (unpaired) electrons. The molecule has 0 aliphatic heterocycles. The molecule has 0 amide bonds. The van der Waals surface area contributed by atoms with E-state index >= 15 is 0 Å². The maximum absolute atomic E-state index is 8.71.